The Kier molecular flexibility index (Phi) is 6.88. The van der Waals surface area contributed by atoms with Gasteiger partial charge in [0.05, 0.1) is 17.7 Å². The van der Waals surface area contributed by atoms with Gasteiger partial charge in [0.25, 0.3) is 11.8 Å². The predicted octanol–water partition coefficient (Wildman–Crippen LogP) is 2.22. The molecule has 0 bridgehead atoms. The number of carbonyl (C=O) groups excluding carboxylic acids is 3. The third kappa shape index (κ3) is 5.19. The maximum Gasteiger partial charge on any atom is 0.338 e. The molecule has 0 saturated carbocycles. The second-order valence-corrected chi connectivity index (χ2v) is 5.48. The summed E-state index contributed by atoms with van der Waals surface area (Å²) < 4.78 is 4.88. The summed E-state index contributed by atoms with van der Waals surface area (Å²) in [5.41, 5.74) is 6.62. The van der Waals surface area contributed by atoms with Gasteiger partial charge in [-0.1, -0.05) is 12.1 Å². The lowest BCUT2D eigenvalue weighted by atomic mass is 10.1. The predicted molar refractivity (Wildman–Crippen MR) is 103 cm³/mol. The summed E-state index contributed by atoms with van der Waals surface area (Å²) in [6.07, 6.45) is 1.01. The number of nitrogens with two attached hydrogens (primary N) is 1. The van der Waals surface area contributed by atoms with Crippen LogP contribution < -0.4 is 16.4 Å². The average Bonchev–Trinajstić information content (AvgIpc) is 2.69. The number of ether oxygens (including phenoxy) is 1. The van der Waals surface area contributed by atoms with E-state index < -0.39 is 17.8 Å². The van der Waals surface area contributed by atoms with Crippen LogP contribution in [0.15, 0.2) is 60.3 Å². The first-order chi connectivity index (χ1) is 13.5. The maximum atomic E-state index is 12.2. The Balaban J connectivity index is 2.04. The molecule has 142 valence electrons. The minimum atomic E-state index is -0.715. The zero-order chi connectivity index (χ0) is 20.5. The number of para-hydroxylation sites is 1. The molecule has 2 rings (SSSR count). The first-order valence-corrected chi connectivity index (χ1v) is 8.30. The summed E-state index contributed by atoms with van der Waals surface area (Å²) in [5, 5.41) is 14.1. The fourth-order valence-corrected chi connectivity index (χ4v) is 2.17. The van der Waals surface area contributed by atoms with E-state index in [1.54, 1.807) is 31.2 Å². The molecule has 8 nitrogen and oxygen atoms in total. The normalized spacial score (nSPS) is 10.5. The maximum absolute atomic E-state index is 12.2. The van der Waals surface area contributed by atoms with Crippen LogP contribution in [0.4, 0.5) is 11.4 Å². The molecule has 0 saturated heterocycles. The van der Waals surface area contributed by atoms with Crippen molar-refractivity contribution in [2.24, 2.45) is 0 Å². The number of benzene rings is 2. The van der Waals surface area contributed by atoms with E-state index in [0.717, 1.165) is 6.20 Å². The van der Waals surface area contributed by atoms with Gasteiger partial charge in [0.1, 0.15) is 11.6 Å². The second kappa shape index (κ2) is 9.54. The van der Waals surface area contributed by atoms with Crippen molar-refractivity contribution in [2.45, 2.75) is 6.92 Å². The molecule has 0 heterocycles. The molecular formula is C20H18N4O4. The first-order valence-electron chi connectivity index (χ1n) is 8.30. The Bertz CT molecular complexity index is 959. The molecule has 2 aromatic carbocycles. The van der Waals surface area contributed by atoms with Crippen molar-refractivity contribution in [2.75, 3.05) is 17.7 Å². The smallest absolute Gasteiger partial charge is 0.338 e. The van der Waals surface area contributed by atoms with Gasteiger partial charge in [-0.3, -0.25) is 9.59 Å². The Morgan fingerprint density at radius 1 is 1.14 bits per heavy atom. The number of rotatable bonds is 6. The summed E-state index contributed by atoms with van der Waals surface area (Å²) in [6.45, 7) is 1.96. The van der Waals surface area contributed by atoms with E-state index in [1.165, 1.54) is 30.3 Å². The van der Waals surface area contributed by atoms with Crippen LogP contribution in [0, 0.1) is 11.3 Å². The van der Waals surface area contributed by atoms with Crippen LogP contribution >= 0.6 is 0 Å². The first kappa shape index (κ1) is 20.2. The fourth-order valence-electron chi connectivity index (χ4n) is 2.17. The highest BCUT2D eigenvalue weighted by molar-refractivity contribution is 6.07. The topological polar surface area (TPSA) is 134 Å². The van der Waals surface area contributed by atoms with Gasteiger partial charge in [-0.05, 0) is 43.3 Å². The van der Waals surface area contributed by atoms with E-state index in [2.05, 4.69) is 10.6 Å². The summed E-state index contributed by atoms with van der Waals surface area (Å²) >= 11 is 0. The van der Waals surface area contributed by atoms with Crippen molar-refractivity contribution in [3.05, 3.63) is 71.4 Å². The lowest BCUT2D eigenvalue weighted by Crippen LogP contribution is -2.22. The second-order valence-electron chi connectivity index (χ2n) is 5.48. The number of nitrogens with one attached hydrogen (secondary N) is 2. The quantitative estimate of drug-likeness (QED) is 0.305. The van der Waals surface area contributed by atoms with Crippen molar-refractivity contribution in [3.8, 4) is 6.07 Å². The highest BCUT2D eigenvalue weighted by atomic mass is 16.5. The molecule has 4 N–H and O–H groups in total. The number of carbonyl (C=O) groups is 3. The summed E-state index contributed by atoms with van der Waals surface area (Å²) in [7, 11) is 0. The molecule has 0 atom stereocenters. The number of anilines is 2. The number of hydrogen-bond acceptors (Lipinski definition) is 6. The van der Waals surface area contributed by atoms with E-state index in [4.69, 9.17) is 10.5 Å². The molecule has 0 aliphatic carbocycles. The highest BCUT2D eigenvalue weighted by Crippen LogP contribution is 2.12. The third-order valence-corrected chi connectivity index (χ3v) is 3.57. The molecule has 8 heteroatoms. The lowest BCUT2D eigenvalue weighted by Gasteiger charge is -2.07. The number of nitrogen functional groups attached to an aromatic ring is 1. The molecule has 0 fully saturated rings. The van der Waals surface area contributed by atoms with Crippen LogP contribution in [0.3, 0.4) is 0 Å². The monoisotopic (exact) mass is 378 g/mol. The third-order valence-electron chi connectivity index (χ3n) is 3.57. The molecular weight excluding hydrogens is 360 g/mol. The Morgan fingerprint density at radius 3 is 2.43 bits per heavy atom. The molecule has 2 amide bonds. The minimum absolute atomic E-state index is 0.228. The van der Waals surface area contributed by atoms with Crippen LogP contribution in [-0.2, 0) is 9.53 Å². The largest absolute Gasteiger partial charge is 0.462 e. The van der Waals surface area contributed by atoms with Crippen LogP contribution in [0.2, 0.25) is 0 Å². The fraction of sp³-hybridized carbons (Fsp3) is 0.100. The number of nitriles is 1. The van der Waals surface area contributed by atoms with Crippen LogP contribution in [0.25, 0.3) is 0 Å². The molecule has 0 aliphatic rings. The Morgan fingerprint density at radius 2 is 1.82 bits per heavy atom. The molecule has 0 radical (unpaired) electrons. The number of amides is 2. The van der Waals surface area contributed by atoms with Crippen LogP contribution in [0.5, 0.6) is 0 Å². The van der Waals surface area contributed by atoms with Crippen LogP contribution in [-0.4, -0.2) is 24.4 Å². The number of hydrogen-bond donors (Lipinski definition) is 3. The Hall–Kier alpha value is -4.12. The zero-order valence-electron chi connectivity index (χ0n) is 15.1. The van der Waals surface area contributed by atoms with E-state index in [1.807, 2.05) is 0 Å². The molecule has 0 aliphatic heterocycles. The molecule has 0 spiro atoms. The lowest BCUT2D eigenvalue weighted by molar-refractivity contribution is -0.112. The van der Waals surface area contributed by atoms with Gasteiger partial charge in [0, 0.05) is 17.6 Å². The standard InChI is InChI=1S/C20H18N4O4/c1-2-28-20(27)13-7-9-15(10-8-13)24-18(25)14(11-21)12-23-19(26)16-5-3-4-6-17(16)22/h3-10,12H,2,22H2,1H3,(H,23,26)(H,24,25)/b14-12-. The van der Waals surface area contributed by atoms with Crippen molar-refractivity contribution >= 4 is 29.2 Å². The van der Waals surface area contributed by atoms with E-state index >= 15 is 0 Å². The number of esters is 1. The van der Waals surface area contributed by atoms with E-state index in [-0.39, 0.29) is 23.4 Å². The van der Waals surface area contributed by atoms with Gasteiger partial charge in [-0.25, -0.2) is 4.79 Å². The molecule has 28 heavy (non-hydrogen) atoms. The SMILES string of the molecule is CCOC(=O)c1ccc(NC(=O)/C(C#N)=C\NC(=O)c2ccccc2N)cc1. The van der Waals surface area contributed by atoms with Gasteiger partial charge < -0.3 is 21.1 Å². The summed E-state index contributed by atoms with van der Waals surface area (Å²) in [6, 6.07) is 14.1. The van der Waals surface area contributed by atoms with E-state index in [0.29, 0.717) is 11.3 Å². The van der Waals surface area contributed by atoms with Crippen molar-refractivity contribution in [3.63, 3.8) is 0 Å². The van der Waals surface area contributed by atoms with Gasteiger partial charge in [0.2, 0.25) is 0 Å². The summed E-state index contributed by atoms with van der Waals surface area (Å²) in [5.74, 6) is -1.73. The molecule has 0 aromatic heterocycles. The Labute approximate surface area is 161 Å². The van der Waals surface area contributed by atoms with Gasteiger partial charge in [0.15, 0.2) is 0 Å². The van der Waals surface area contributed by atoms with Gasteiger partial charge >= 0.3 is 5.97 Å². The molecule has 0 unspecified atom stereocenters. The zero-order valence-corrected chi connectivity index (χ0v) is 15.1. The van der Waals surface area contributed by atoms with Gasteiger partial charge in [-0.15, -0.1) is 0 Å². The minimum Gasteiger partial charge on any atom is -0.462 e. The van der Waals surface area contributed by atoms with Crippen molar-refractivity contribution in [1.29, 1.82) is 5.26 Å². The van der Waals surface area contributed by atoms with E-state index in [9.17, 15) is 19.6 Å². The van der Waals surface area contributed by atoms with Crippen molar-refractivity contribution in [1.82, 2.24) is 5.32 Å². The molecule has 2 aromatic rings. The average molecular weight is 378 g/mol. The summed E-state index contributed by atoms with van der Waals surface area (Å²) in [4.78, 5) is 35.9. The van der Waals surface area contributed by atoms with Gasteiger partial charge in [-0.2, -0.15) is 5.26 Å². The highest BCUT2D eigenvalue weighted by Gasteiger charge is 2.13. The number of nitrogens with zero attached hydrogens (tertiary/aromatic N) is 1. The van der Waals surface area contributed by atoms with Crippen molar-refractivity contribution < 1.29 is 19.1 Å². The van der Waals surface area contributed by atoms with Crippen LogP contribution in [0.1, 0.15) is 27.6 Å².